The van der Waals surface area contributed by atoms with Gasteiger partial charge in [0.25, 0.3) is 0 Å². The molecule has 0 aromatic carbocycles. The van der Waals surface area contributed by atoms with E-state index in [2.05, 4.69) is 22.9 Å². The summed E-state index contributed by atoms with van der Waals surface area (Å²) in [5.41, 5.74) is 0. The first-order chi connectivity index (χ1) is 3.81. The van der Waals surface area contributed by atoms with Crippen molar-refractivity contribution >= 4 is 27.5 Å². The average Bonchev–Trinajstić information content (AvgIpc) is 1.68. The number of rotatable bonds is 4. The molecule has 1 atom stereocenters. The Hall–Kier alpha value is 0.770. The summed E-state index contributed by atoms with van der Waals surface area (Å²) in [6.45, 7) is 2.23. The summed E-state index contributed by atoms with van der Waals surface area (Å²) in [6.07, 6.45) is 2.39. The molecule has 8 heavy (non-hydrogen) atoms. The number of hydrogen-bond donors (Lipinski definition) is 0. The highest BCUT2D eigenvalue weighted by molar-refractivity contribution is 9.09. The minimum atomic E-state index is 0.784. The predicted molar refractivity (Wildman–Crippen MR) is 42.9 cm³/mol. The molecule has 0 fully saturated rings. The Kier molecular flexibility index (Phi) is 6.47. The molecule has 0 aliphatic carbocycles. The van der Waals surface area contributed by atoms with Gasteiger partial charge in [0.05, 0.1) is 0 Å². The van der Waals surface area contributed by atoms with Crippen LogP contribution in [0.3, 0.4) is 0 Å². The van der Waals surface area contributed by atoms with Crippen molar-refractivity contribution in [2.45, 2.75) is 19.8 Å². The van der Waals surface area contributed by atoms with Crippen molar-refractivity contribution in [3.05, 3.63) is 0 Å². The molecule has 0 heterocycles. The average molecular weight is 200 g/mol. The third-order valence-electron chi connectivity index (χ3n) is 1.20. The predicted octanol–water partition coefficient (Wildman–Crippen LogP) is 3.04. The Labute approximate surface area is 64.7 Å². The summed E-state index contributed by atoms with van der Waals surface area (Å²) >= 11 is 8.89. The topological polar surface area (TPSA) is 0 Å². The number of alkyl halides is 2. The second-order valence-corrected chi connectivity index (χ2v) is 3.23. The zero-order chi connectivity index (χ0) is 6.41. The summed E-state index contributed by atoms with van der Waals surface area (Å²) < 4.78 is 0. The normalized spacial score (nSPS) is 13.9. The van der Waals surface area contributed by atoms with Gasteiger partial charge in [-0.25, -0.2) is 0 Å². The second-order valence-electron chi connectivity index (χ2n) is 2.06. The van der Waals surface area contributed by atoms with Gasteiger partial charge < -0.3 is 0 Å². The van der Waals surface area contributed by atoms with Gasteiger partial charge in [-0.15, -0.1) is 11.6 Å². The van der Waals surface area contributed by atoms with E-state index in [0.717, 1.165) is 23.5 Å². The highest BCUT2D eigenvalue weighted by Gasteiger charge is 1.97. The lowest BCUT2D eigenvalue weighted by molar-refractivity contribution is 0.553. The molecule has 0 amide bonds. The largest absolute Gasteiger partial charge is 0.127 e. The van der Waals surface area contributed by atoms with Crippen LogP contribution >= 0.6 is 27.5 Å². The molecule has 0 rings (SSSR count). The molecular weight excluding hydrogens is 187 g/mol. The van der Waals surface area contributed by atoms with Gasteiger partial charge in [-0.3, -0.25) is 0 Å². The zero-order valence-electron chi connectivity index (χ0n) is 5.16. The van der Waals surface area contributed by atoms with Crippen molar-refractivity contribution in [1.29, 1.82) is 0 Å². The number of hydrogen-bond acceptors (Lipinski definition) is 0. The van der Waals surface area contributed by atoms with Crippen LogP contribution in [-0.4, -0.2) is 11.2 Å². The smallest absolute Gasteiger partial charge is 0.0225 e. The van der Waals surface area contributed by atoms with E-state index in [1.807, 2.05) is 0 Å². The molecule has 0 bridgehead atoms. The maximum atomic E-state index is 5.52. The van der Waals surface area contributed by atoms with Crippen LogP contribution in [0.15, 0.2) is 0 Å². The lowest BCUT2D eigenvalue weighted by Crippen LogP contribution is -1.95. The van der Waals surface area contributed by atoms with E-state index in [1.165, 1.54) is 6.42 Å². The minimum absolute atomic E-state index is 0.784. The molecular formula is C6H12BrCl. The molecule has 0 spiro atoms. The lowest BCUT2D eigenvalue weighted by atomic mass is 10.1. The first-order valence-corrected chi connectivity index (χ1v) is 4.58. The Morgan fingerprint density at radius 3 is 2.50 bits per heavy atom. The van der Waals surface area contributed by atoms with Crippen molar-refractivity contribution in [3.8, 4) is 0 Å². The lowest BCUT2D eigenvalue weighted by Gasteiger charge is -2.04. The Bertz CT molecular complexity index is 41.8. The van der Waals surface area contributed by atoms with Crippen LogP contribution in [-0.2, 0) is 0 Å². The van der Waals surface area contributed by atoms with E-state index >= 15 is 0 Å². The van der Waals surface area contributed by atoms with Crippen molar-refractivity contribution < 1.29 is 0 Å². The first kappa shape index (κ1) is 8.77. The standard InChI is InChI=1S/C6H12BrCl/c1-6(2-4-7)3-5-8/h6H,2-5H2,1H3/t6-/m0/s1. The highest BCUT2D eigenvalue weighted by atomic mass is 79.9. The molecule has 0 aromatic rings. The van der Waals surface area contributed by atoms with Crippen molar-refractivity contribution in [2.24, 2.45) is 5.92 Å². The van der Waals surface area contributed by atoms with Crippen LogP contribution in [0, 0.1) is 5.92 Å². The summed E-state index contributed by atoms with van der Waals surface area (Å²) in [5.74, 6) is 1.58. The van der Waals surface area contributed by atoms with Gasteiger partial charge in [-0.05, 0) is 18.8 Å². The summed E-state index contributed by atoms with van der Waals surface area (Å²) in [4.78, 5) is 0. The van der Waals surface area contributed by atoms with Crippen LogP contribution in [0.1, 0.15) is 19.8 Å². The van der Waals surface area contributed by atoms with Gasteiger partial charge in [0.15, 0.2) is 0 Å². The van der Waals surface area contributed by atoms with Gasteiger partial charge in [-0.1, -0.05) is 22.9 Å². The molecule has 0 aromatic heterocycles. The van der Waals surface area contributed by atoms with E-state index in [0.29, 0.717) is 0 Å². The van der Waals surface area contributed by atoms with Gasteiger partial charge in [0, 0.05) is 11.2 Å². The van der Waals surface area contributed by atoms with E-state index in [-0.39, 0.29) is 0 Å². The first-order valence-electron chi connectivity index (χ1n) is 2.93. The fraction of sp³-hybridized carbons (Fsp3) is 1.00. The molecule has 0 radical (unpaired) electrons. The molecule has 0 nitrogen and oxygen atoms in total. The molecule has 0 aliphatic heterocycles. The van der Waals surface area contributed by atoms with E-state index in [4.69, 9.17) is 11.6 Å². The van der Waals surface area contributed by atoms with Gasteiger partial charge in [0.1, 0.15) is 0 Å². The van der Waals surface area contributed by atoms with Gasteiger partial charge >= 0.3 is 0 Å². The minimum Gasteiger partial charge on any atom is -0.127 e. The Morgan fingerprint density at radius 2 is 2.12 bits per heavy atom. The number of halogens is 2. The van der Waals surface area contributed by atoms with E-state index in [1.54, 1.807) is 0 Å². The molecule has 2 heteroatoms. The molecule has 0 aliphatic rings. The summed E-state index contributed by atoms with van der Waals surface area (Å²) in [5, 5.41) is 1.10. The van der Waals surface area contributed by atoms with E-state index < -0.39 is 0 Å². The van der Waals surface area contributed by atoms with E-state index in [9.17, 15) is 0 Å². The summed E-state index contributed by atoms with van der Waals surface area (Å²) in [7, 11) is 0. The molecule has 0 saturated heterocycles. The maximum Gasteiger partial charge on any atom is 0.0225 e. The van der Waals surface area contributed by atoms with Gasteiger partial charge in [0.2, 0.25) is 0 Å². The molecule has 50 valence electrons. The third kappa shape index (κ3) is 4.92. The second kappa shape index (κ2) is 5.90. The summed E-state index contributed by atoms with van der Waals surface area (Å²) in [6, 6.07) is 0. The third-order valence-corrected chi connectivity index (χ3v) is 1.88. The fourth-order valence-corrected chi connectivity index (χ4v) is 1.67. The fourth-order valence-electron chi connectivity index (χ4n) is 0.517. The van der Waals surface area contributed by atoms with Crippen LogP contribution in [0.2, 0.25) is 0 Å². The van der Waals surface area contributed by atoms with Crippen LogP contribution in [0.5, 0.6) is 0 Å². The van der Waals surface area contributed by atoms with Crippen LogP contribution < -0.4 is 0 Å². The van der Waals surface area contributed by atoms with Crippen molar-refractivity contribution in [3.63, 3.8) is 0 Å². The maximum absolute atomic E-state index is 5.52. The highest BCUT2D eigenvalue weighted by Crippen LogP contribution is 2.09. The molecule has 0 saturated carbocycles. The van der Waals surface area contributed by atoms with Crippen molar-refractivity contribution in [1.82, 2.24) is 0 Å². The monoisotopic (exact) mass is 198 g/mol. The van der Waals surface area contributed by atoms with Gasteiger partial charge in [-0.2, -0.15) is 0 Å². The van der Waals surface area contributed by atoms with Crippen molar-refractivity contribution in [2.75, 3.05) is 11.2 Å². The zero-order valence-corrected chi connectivity index (χ0v) is 7.50. The quantitative estimate of drug-likeness (QED) is 0.611. The Balaban J connectivity index is 2.92. The van der Waals surface area contributed by atoms with Crippen LogP contribution in [0.25, 0.3) is 0 Å². The molecule has 0 N–H and O–H groups in total. The SMILES string of the molecule is C[C@H](CCCl)CCBr. The Morgan fingerprint density at radius 1 is 1.50 bits per heavy atom. The van der Waals surface area contributed by atoms with Crippen LogP contribution in [0.4, 0.5) is 0 Å². The molecule has 0 unspecified atom stereocenters.